The van der Waals surface area contributed by atoms with Crippen molar-refractivity contribution in [3.8, 4) is 0 Å². The summed E-state index contributed by atoms with van der Waals surface area (Å²) in [5, 5.41) is 0. The van der Waals surface area contributed by atoms with Crippen LogP contribution in [-0.2, 0) is 6.54 Å². The summed E-state index contributed by atoms with van der Waals surface area (Å²) in [4.78, 5) is 13.6. The van der Waals surface area contributed by atoms with Crippen molar-refractivity contribution in [2.75, 3.05) is 31.1 Å². The standard InChI is InChI=1S/C13H23N5/c1-3-11(2)17-4-6-18(7-5-17)13-10-15-12(8-14)9-16-13/h9-11H,3-8,14H2,1-2H3. The van der Waals surface area contributed by atoms with Gasteiger partial charge in [0.05, 0.1) is 18.1 Å². The van der Waals surface area contributed by atoms with Gasteiger partial charge in [0.1, 0.15) is 5.82 Å². The maximum atomic E-state index is 5.52. The zero-order valence-corrected chi connectivity index (χ0v) is 11.3. The fraction of sp³-hybridized carbons (Fsp3) is 0.692. The predicted octanol–water partition coefficient (Wildman–Crippen LogP) is 0.856. The number of piperazine rings is 1. The average Bonchev–Trinajstić information content (AvgIpc) is 2.47. The molecule has 1 aromatic rings. The van der Waals surface area contributed by atoms with E-state index in [0.717, 1.165) is 37.7 Å². The molecule has 1 fully saturated rings. The molecule has 0 aromatic carbocycles. The van der Waals surface area contributed by atoms with Crippen molar-refractivity contribution in [1.29, 1.82) is 0 Å². The van der Waals surface area contributed by atoms with Crippen molar-refractivity contribution < 1.29 is 0 Å². The van der Waals surface area contributed by atoms with Gasteiger partial charge in [-0.1, -0.05) is 6.92 Å². The average molecular weight is 249 g/mol. The summed E-state index contributed by atoms with van der Waals surface area (Å²) in [5.74, 6) is 0.969. The molecule has 2 rings (SSSR count). The summed E-state index contributed by atoms with van der Waals surface area (Å²) < 4.78 is 0. The van der Waals surface area contributed by atoms with Crippen LogP contribution in [0, 0.1) is 0 Å². The van der Waals surface area contributed by atoms with E-state index in [0.29, 0.717) is 12.6 Å². The minimum atomic E-state index is 0.453. The predicted molar refractivity (Wildman–Crippen MR) is 73.5 cm³/mol. The monoisotopic (exact) mass is 249 g/mol. The number of aromatic nitrogens is 2. The highest BCUT2D eigenvalue weighted by Crippen LogP contribution is 2.14. The summed E-state index contributed by atoms with van der Waals surface area (Å²) in [6.45, 7) is 9.27. The molecule has 0 bridgehead atoms. The Morgan fingerprint density at radius 1 is 1.22 bits per heavy atom. The van der Waals surface area contributed by atoms with Crippen molar-refractivity contribution >= 4 is 5.82 Å². The third-order valence-corrected chi connectivity index (χ3v) is 3.75. The van der Waals surface area contributed by atoms with Crippen LogP contribution in [0.1, 0.15) is 26.0 Å². The Hall–Kier alpha value is -1.20. The second-order valence-electron chi connectivity index (χ2n) is 4.85. The third kappa shape index (κ3) is 2.97. The Bertz CT molecular complexity index is 356. The molecule has 1 aliphatic heterocycles. The van der Waals surface area contributed by atoms with Gasteiger partial charge < -0.3 is 10.6 Å². The topological polar surface area (TPSA) is 58.3 Å². The quantitative estimate of drug-likeness (QED) is 0.857. The Labute approximate surface area is 109 Å². The van der Waals surface area contributed by atoms with Crippen LogP contribution in [0.4, 0.5) is 5.82 Å². The van der Waals surface area contributed by atoms with Gasteiger partial charge in [-0.2, -0.15) is 0 Å². The fourth-order valence-corrected chi connectivity index (χ4v) is 2.27. The zero-order chi connectivity index (χ0) is 13.0. The van der Waals surface area contributed by atoms with Gasteiger partial charge in [0.25, 0.3) is 0 Å². The van der Waals surface area contributed by atoms with Crippen molar-refractivity contribution in [2.24, 2.45) is 5.73 Å². The van der Waals surface area contributed by atoms with E-state index in [-0.39, 0.29) is 0 Å². The third-order valence-electron chi connectivity index (χ3n) is 3.75. The smallest absolute Gasteiger partial charge is 0.147 e. The Balaban J connectivity index is 1.92. The second kappa shape index (κ2) is 6.11. The van der Waals surface area contributed by atoms with E-state index >= 15 is 0 Å². The number of hydrogen-bond acceptors (Lipinski definition) is 5. The Morgan fingerprint density at radius 3 is 2.44 bits per heavy atom. The summed E-state index contributed by atoms with van der Waals surface area (Å²) in [5.41, 5.74) is 6.37. The van der Waals surface area contributed by atoms with Gasteiger partial charge in [-0.05, 0) is 13.3 Å². The molecular weight excluding hydrogens is 226 g/mol. The van der Waals surface area contributed by atoms with E-state index in [1.807, 2.05) is 6.20 Å². The number of nitrogens with zero attached hydrogens (tertiary/aromatic N) is 4. The SMILES string of the molecule is CCC(C)N1CCN(c2cnc(CN)cn2)CC1. The second-order valence-corrected chi connectivity index (χ2v) is 4.85. The van der Waals surface area contributed by atoms with Crippen LogP contribution in [0.25, 0.3) is 0 Å². The van der Waals surface area contributed by atoms with Crippen LogP contribution < -0.4 is 10.6 Å². The first-order chi connectivity index (χ1) is 8.74. The number of nitrogens with two attached hydrogens (primary N) is 1. The molecule has 5 nitrogen and oxygen atoms in total. The van der Waals surface area contributed by atoms with Gasteiger partial charge in [0, 0.05) is 38.8 Å². The molecule has 0 radical (unpaired) electrons. The molecule has 1 saturated heterocycles. The van der Waals surface area contributed by atoms with Gasteiger partial charge in [-0.15, -0.1) is 0 Å². The Morgan fingerprint density at radius 2 is 1.94 bits per heavy atom. The van der Waals surface area contributed by atoms with E-state index in [4.69, 9.17) is 5.73 Å². The first kappa shape index (κ1) is 13.2. The molecule has 0 saturated carbocycles. The largest absolute Gasteiger partial charge is 0.353 e. The van der Waals surface area contributed by atoms with Crippen LogP contribution in [0.5, 0.6) is 0 Å². The number of rotatable bonds is 4. The highest BCUT2D eigenvalue weighted by Gasteiger charge is 2.20. The molecule has 18 heavy (non-hydrogen) atoms. The normalized spacial score (nSPS) is 18.9. The molecular formula is C13H23N5. The molecule has 2 heterocycles. The van der Waals surface area contributed by atoms with Gasteiger partial charge >= 0.3 is 0 Å². The molecule has 0 aliphatic carbocycles. The summed E-state index contributed by atoms with van der Waals surface area (Å²) in [6.07, 6.45) is 4.82. The van der Waals surface area contributed by atoms with E-state index < -0.39 is 0 Å². The molecule has 5 heteroatoms. The maximum Gasteiger partial charge on any atom is 0.147 e. The van der Waals surface area contributed by atoms with Crippen LogP contribution >= 0.6 is 0 Å². The molecule has 0 amide bonds. The molecule has 1 unspecified atom stereocenters. The van der Waals surface area contributed by atoms with Crippen molar-refractivity contribution in [3.05, 3.63) is 18.1 Å². The van der Waals surface area contributed by atoms with E-state index in [9.17, 15) is 0 Å². The Kier molecular flexibility index (Phi) is 4.49. The van der Waals surface area contributed by atoms with E-state index in [1.165, 1.54) is 6.42 Å². The summed E-state index contributed by atoms with van der Waals surface area (Å²) in [6, 6.07) is 0.679. The summed E-state index contributed by atoms with van der Waals surface area (Å²) in [7, 11) is 0. The van der Waals surface area contributed by atoms with E-state index in [2.05, 4.69) is 33.6 Å². The first-order valence-corrected chi connectivity index (χ1v) is 6.74. The lowest BCUT2D eigenvalue weighted by molar-refractivity contribution is 0.192. The molecule has 100 valence electrons. The molecule has 1 aromatic heterocycles. The van der Waals surface area contributed by atoms with E-state index in [1.54, 1.807) is 6.20 Å². The first-order valence-electron chi connectivity index (χ1n) is 6.74. The van der Waals surface area contributed by atoms with Crippen molar-refractivity contribution in [2.45, 2.75) is 32.9 Å². The van der Waals surface area contributed by atoms with Gasteiger partial charge in [0.2, 0.25) is 0 Å². The zero-order valence-electron chi connectivity index (χ0n) is 11.3. The fourth-order valence-electron chi connectivity index (χ4n) is 2.27. The van der Waals surface area contributed by atoms with Gasteiger partial charge in [-0.25, -0.2) is 4.98 Å². The molecule has 2 N–H and O–H groups in total. The minimum absolute atomic E-state index is 0.453. The van der Waals surface area contributed by atoms with Crippen LogP contribution in [0.2, 0.25) is 0 Å². The minimum Gasteiger partial charge on any atom is -0.353 e. The summed E-state index contributed by atoms with van der Waals surface area (Å²) >= 11 is 0. The van der Waals surface area contributed by atoms with Crippen LogP contribution in [0.3, 0.4) is 0 Å². The number of hydrogen-bond donors (Lipinski definition) is 1. The van der Waals surface area contributed by atoms with Crippen LogP contribution in [-0.4, -0.2) is 47.1 Å². The van der Waals surface area contributed by atoms with Crippen molar-refractivity contribution in [1.82, 2.24) is 14.9 Å². The maximum absolute atomic E-state index is 5.52. The highest BCUT2D eigenvalue weighted by molar-refractivity contribution is 5.36. The van der Waals surface area contributed by atoms with Gasteiger partial charge in [0.15, 0.2) is 0 Å². The number of anilines is 1. The molecule has 1 atom stereocenters. The molecule has 0 spiro atoms. The van der Waals surface area contributed by atoms with Gasteiger partial charge in [-0.3, -0.25) is 9.88 Å². The lowest BCUT2D eigenvalue weighted by Gasteiger charge is -2.38. The van der Waals surface area contributed by atoms with Crippen molar-refractivity contribution in [3.63, 3.8) is 0 Å². The molecule has 1 aliphatic rings. The highest BCUT2D eigenvalue weighted by atomic mass is 15.3. The lowest BCUT2D eigenvalue weighted by atomic mass is 10.2. The lowest BCUT2D eigenvalue weighted by Crippen LogP contribution is -2.49. The van der Waals surface area contributed by atoms with Crippen LogP contribution in [0.15, 0.2) is 12.4 Å².